The van der Waals surface area contributed by atoms with Crippen molar-refractivity contribution in [2.75, 3.05) is 13.1 Å². The zero-order chi connectivity index (χ0) is 8.77. The lowest BCUT2D eigenvalue weighted by atomic mass is 9.57. The molecule has 0 unspecified atom stereocenters. The topological polar surface area (TPSA) is 3.24 Å². The van der Waals surface area contributed by atoms with Gasteiger partial charge in [0.05, 0.1) is 0 Å². The summed E-state index contributed by atoms with van der Waals surface area (Å²) in [6.07, 6.45) is 4.44. The summed E-state index contributed by atoms with van der Waals surface area (Å²) in [6, 6.07) is 0.763. The third-order valence-electron chi connectivity index (χ3n) is 3.95. The zero-order valence-electron chi connectivity index (χ0n) is 8.64. The molecule has 2 heterocycles. The van der Waals surface area contributed by atoms with Crippen LogP contribution in [0.25, 0.3) is 0 Å². The SMILES string of the molecule is CCC12CC(CN(C(C)C)C1)C2. The standard InChI is InChI=1S/C11H21N/c1-4-11-5-10(6-11)7-12(8-11)9(2)3/h9-10H,4-8H2,1-3H3. The highest BCUT2D eigenvalue weighted by atomic mass is 15.2. The molecule has 1 nitrogen and oxygen atoms in total. The van der Waals surface area contributed by atoms with E-state index in [0.717, 1.165) is 17.4 Å². The molecule has 0 atom stereocenters. The van der Waals surface area contributed by atoms with Crippen molar-refractivity contribution < 1.29 is 0 Å². The van der Waals surface area contributed by atoms with Gasteiger partial charge in [-0.2, -0.15) is 0 Å². The van der Waals surface area contributed by atoms with Gasteiger partial charge in [0.1, 0.15) is 0 Å². The molecule has 1 saturated carbocycles. The van der Waals surface area contributed by atoms with Gasteiger partial charge in [-0.25, -0.2) is 0 Å². The van der Waals surface area contributed by atoms with E-state index in [1.807, 2.05) is 0 Å². The fourth-order valence-electron chi connectivity index (χ4n) is 3.04. The monoisotopic (exact) mass is 167 g/mol. The Morgan fingerprint density at radius 3 is 2.58 bits per heavy atom. The third-order valence-corrected chi connectivity index (χ3v) is 3.95. The minimum Gasteiger partial charge on any atom is -0.300 e. The molecular weight excluding hydrogens is 146 g/mol. The molecule has 3 aliphatic rings. The molecule has 1 aliphatic carbocycles. The summed E-state index contributed by atoms with van der Waals surface area (Å²) in [5, 5.41) is 0. The zero-order valence-corrected chi connectivity index (χ0v) is 8.64. The minimum absolute atomic E-state index is 0.743. The highest BCUT2D eigenvalue weighted by Gasteiger charge is 2.48. The smallest absolute Gasteiger partial charge is 0.00409 e. The van der Waals surface area contributed by atoms with Crippen LogP contribution in [0.2, 0.25) is 0 Å². The average Bonchev–Trinajstić information content (AvgIpc) is 2.03. The predicted octanol–water partition coefficient (Wildman–Crippen LogP) is 2.52. The van der Waals surface area contributed by atoms with Crippen LogP contribution < -0.4 is 0 Å². The first-order valence-corrected chi connectivity index (χ1v) is 5.39. The summed E-state index contributed by atoms with van der Waals surface area (Å²) in [6.45, 7) is 9.76. The van der Waals surface area contributed by atoms with Crippen LogP contribution in [0, 0.1) is 11.3 Å². The van der Waals surface area contributed by atoms with Gasteiger partial charge in [0.15, 0.2) is 0 Å². The molecule has 0 aromatic carbocycles. The largest absolute Gasteiger partial charge is 0.300 e. The molecule has 1 heteroatoms. The molecule has 0 aromatic rings. The van der Waals surface area contributed by atoms with Crippen LogP contribution in [0.1, 0.15) is 40.0 Å². The van der Waals surface area contributed by atoms with E-state index in [4.69, 9.17) is 0 Å². The Kier molecular flexibility index (Phi) is 1.95. The molecule has 0 radical (unpaired) electrons. The fraction of sp³-hybridized carbons (Fsp3) is 1.00. The summed E-state index contributed by atoms with van der Waals surface area (Å²) in [5.41, 5.74) is 0.743. The van der Waals surface area contributed by atoms with Crippen molar-refractivity contribution in [2.45, 2.75) is 46.1 Å². The number of fused-ring (bicyclic) bond motifs is 2. The van der Waals surface area contributed by atoms with Crippen molar-refractivity contribution in [1.29, 1.82) is 0 Å². The van der Waals surface area contributed by atoms with Crippen molar-refractivity contribution in [3.8, 4) is 0 Å². The lowest BCUT2D eigenvalue weighted by Crippen LogP contribution is -2.57. The van der Waals surface area contributed by atoms with Crippen LogP contribution in [0.15, 0.2) is 0 Å². The predicted molar refractivity (Wildman–Crippen MR) is 52.2 cm³/mol. The molecule has 2 saturated heterocycles. The van der Waals surface area contributed by atoms with E-state index in [0.29, 0.717) is 0 Å². The summed E-state index contributed by atoms with van der Waals surface area (Å²) < 4.78 is 0. The van der Waals surface area contributed by atoms with Gasteiger partial charge in [0, 0.05) is 19.1 Å². The summed E-state index contributed by atoms with van der Waals surface area (Å²) in [4.78, 5) is 2.67. The van der Waals surface area contributed by atoms with Gasteiger partial charge in [0.2, 0.25) is 0 Å². The number of hydrogen-bond donors (Lipinski definition) is 0. The van der Waals surface area contributed by atoms with E-state index < -0.39 is 0 Å². The second kappa shape index (κ2) is 2.73. The first kappa shape index (κ1) is 8.55. The number of hydrogen-bond acceptors (Lipinski definition) is 1. The van der Waals surface area contributed by atoms with Crippen LogP contribution in [0.4, 0.5) is 0 Å². The summed E-state index contributed by atoms with van der Waals surface area (Å²) in [7, 11) is 0. The van der Waals surface area contributed by atoms with Crippen LogP contribution >= 0.6 is 0 Å². The van der Waals surface area contributed by atoms with Crippen LogP contribution in [-0.2, 0) is 0 Å². The third kappa shape index (κ3) is 1.19. The molecular formula is C11H21N. The molecule has 0 spiro atoms. The number of rotatable bonds is 2. The maximum atomic E-state index is 2.67. The van der Waals surface area contributed by atoms with Crippen LogP contribution in [0.5, 0.6) is 0 Å². The molecule has 0 amide bonds. The van der Waals surface area contributed by atoms with Crippen LogP contribution in [-0.4, -0.2) is 24.0 Å². The fourth-order valence-corrected chi connectivity index (χ4v) is 3.04. The van der Waals surface area contributed by atoms with E-state index in [9.17, 15) is 0 Å². The molecule has 3 rings (SSSR count). The van der Waals surface area contributed by atoms with Crippen molar-refractivity contribution in [3.05, 3.63) is 0 Å². The molecule has 0 N–H and O–H groups in total. The normalized spacial score (nSPS) is 41.5. The number of nitrogens with zero attached hydrogens (tertiary/aromatic N) is 1. The molecule has 0 aromatic heterocycles. The van der Waals surface area contributed by atoms with Gasteiger partial charge in [-0.05, 0) is 44.4 Å². The van der Waals surface area contributed by atoms with Gasteiger partial charge in [-0.1, -0.05) is 6.92 Å². The lowest BCUT2D eigenvalue weighted by molar-refractivity contribution is -0.0744. The Balaban J connectivity index is 1.99. The molecule has 2 bridgehead atoms. The van der Waals surface area contributed by atoms with E-state index in [2.05, 4.69) is 25.7 Å². The molecule has 12 heavy (non-hydrogen) atoms. The highest BCUT2D eigenvalue weighted by Crippen LogP contribution is 2.52. The first-order chi connectivity index (χ1) is 5.65. The summed E-state index contributed by atoms with van der Waals surface area (Å²) in [5.74, 6) is 1.04. The van der Waals surface area contributed by atoms with Crippen molar-refractivity contribution in [3.63, 3.8) is 0 Å². The average molecular weight is 167 g/mol. The molecule has 70 valence electrons. The van der Waals surface area contributed by atoms with Gasteiger partial charge in [-0.15, -0.1) is 0 Å². The Labute approximate surface area is 76.1 Å². The second-order valence-electron chi connectivity index (χ2n) is 5.15. The lowest BCUT2D eigenvalue weighted by Gasteiger charge is -2.57. The van der Waals surface area contributed by atoms with Gasteiger partial charge in [0.25, 0.3) is 0 Å². The molecule has 2 aliphatic heterocycles. The number of piperidine rings is 2. The maximum Gasteiger partial charge on any atom is 0.00409 e. The quantitative estimate of drug-likeness (QED) is 0.611. The Bertz CT molecular complexity index is 168. The van der Waals surface area contributed by atoms with Crippen molar-refractivity contribution >= 4 is 0 Å². The first-order valence-electron chi connectivity index (χ1n) is 5.39. The van der Waals surface area contributed by atoms with E-state index in [-0.39, 0.29) is 0 Å². The van der Waals surface area contributed by atoms with Crippen LogP contribution in [0.3, 0.4) is 0 Å². The summed E-state index contributed by atoms with van der Waals surface area (Å²) >= 11 is 0. The van der Waals surface area contributed by atoms with Gasteiger partial charge < -0.3 is 4.90 Å². The Hall–Kier alpha value is -0.0400. The van der Waals surface area contributed by atoms with Gasteiger partial charge >= 0.3 is 0 Å². The Morgan fingerprint density at radius 1 is 1.42 bits per heavy atom. The second-order valence-corrected chi connectivity index (χ2v) is 5.15. The maximum absolute atomic E-state index is 2.67. The minimum atomic E-state index is 0.743. The van der Waals surface area contributed by atoms with Crippen molar-refractivity contribution in [1.82, 2.24) is 4.90 Å². The van der Waals surface area contributed by atoms with Gasteiger partial charge in [-0.3, -0.25) is 0 Å². The molecule has 3 fully saturated rings. The highest BCUT2D eigenvalue weighted by molar-refractivity contribution is 5.01. The van der Waals surface area contributed by atoms with E-state index in [1.165, 1.54) is 32.4 Å². The van der Waals surface area contributed by atoms with E-state index in [1.54, 1.807) is 0 Å². The van der Waals surface area contributed by atoms with Crippen molar-refractivity contribution in [2.24, 2.45) is 11.3 Å². The Morgan fingerprint density at radius 2 is 2.08 bits per heavy atom. The van der Waals surface area contributed by atoms with E-state index >= 15 is 0 Å².